The molecule has 2 aromatic carbocycles. The number of nitrogens with one attached hydrogen (secondary N) is 1. The molecule has 5 nitrogen and oxygen atoms in total. The van der Waals surface area contributed by atoms with E-state index in [-0.39, 0.29) is 25.0 Å². The number of halogens is 3. The highest BCUT2D eigenvalue weighted by Gasteiger charge is 2.26. The number of benzene rings is 2. The van der Waals surface area contributed by atoms with Crippen molar-refractivity contribution < 1.29 is 14.3 Å². The van der Waals surface area contributed by atoms with Gasteiger partial charge in [0.25, 0.3) is 5.91 Å². The van der Waals surface area contributed by atoms with Gasteiger partial charge >= 0.3 is 0 Å². The first-order valence-electron chi connectivity index (χ1n) is 10.5. The third-order valence-corrected chi connectivity index (χ3v) is 6.44. The predicted octanol–water partition coefficient (Wildman–Crippen LogP) is 5.98. The van der Waals surface area contributed by atoms with Crippen molar-refractivity contribution in [1.29, 1.82) is 0 Å². The number of carbonyl (C=O) groups is 2. The fourth-order valence-corrected chi connectivity index (χ4v) is 3.60. The van der Waals surface area contributed by atoms with E-state index in [9.17, 15) is 9.59 Å². The average molecular weight is 500 g/mol. The first kappa shape index (κ1) is 26.3. The van der Waals surface area contributed by atoms with Crippen LogP contribution in [0.3, 0.4) is 0 Å². The molecule has 0 aliphatic heterocycles. The maximum atomic E-state index is 13.1. The first-order chi connectivity index (χ1) is 15.1. The van der Waals surface area contributed by atoms with E-state index in [1.807, 2.05) is 20.8 Å². The Labute approximate surface area is 205 Å². The standard InChI is InChI=1S/C24H29Cl3N2O3/c1-5-6-9-28-24(31)17(4)29(13-18-7-8-20(25)21(26)12-18)22(30)14-32-19-10-15(2)23(27)16(3)11-19/h7-8,10-12,17H,5-6,9,13-14H2,1-4H3,(H,28,31). The molecule has 1 unspecified atom stereocenters. The van der Waals surface area contributed by atoms with Gasteiger partial charge in [-0.25, -0.2) is 0 Å². The number of hydrogen-bond acceptors (Lipinski definition) is 3. The summed E-state index contributed by atoms with van der Waals surface area (Å²) in [6.45, 7) is 8.05. The molecule has 2 amide bonds. The van der Waals surface area contributed by atoms with E-state index in [1.165, 1.54) is 4.90 Å². The third-order valence-electron chi connectivity index (χ3n) is 5.11. The molecule has 8 heteroatoms. The quantitative estimate of drug-likeness (QED) is 0.409. The molecule has 2 rings (SSSR count). The number of nitrogens with zero attached hydrogens (tertiary/aromatic N) is 1. The summed E-state index contributed by atoms with van der Waals surface area (Å²) in [7, 11) is 0. The van der Waals surface area contributed by atoms with Gasteiger partial charge in [0.1, 0.15) is 11.8 Å². The normalized spacial score (nSPS) is 11.7. The Kier molecular flexibility index (Phi) is 10.1. The lowest BCUT2D eigenvalue weighted by Crippen LogP contribution is -2.49. The zero-order valence-electron chi connectivity index (χ0n) is 18.8. The van der Waals surface area contributed by atoms with Crippen molar-refractivity contribution in [2.75, 3.05) is 13.2 Å². The van der Waals surface area contributed by atoms with Gasteiger partial charge in [-0.3, -0.25) is 9.59 Å². The molecule has 0 heterocycles. The van der Waals surface area contributed by atoms with Crippen LogP contribution in [0, 0.1) is 13.8 Å². The molecule has 0 aliphatic rings. The van der Waals surface area contributed by atoms with E-state index >= 15 is 0 Å². The number of rotatable bonds is 10. The van der Waals surface area contributed by atoms with Gasteiger partial charge in [-0.1, -0.05) is 54.2 Å². The lowest BCUT2D eigenvalue weighted by molar-refractivity contribution is -0.142. The number of ether oxygens (including phenoxy) is 1. The Morgan fingerprint density at radius 2 is 1.72 bits per heavy atom. The molecule has 0 saturated carbocycles. The predicted molar refractivity (Wildman–Crippen MR) is 131 cm³/mol. The van der Waals surface area contributed by atoms with Crippen molar-refractivity contribution in [2.45, 2.75) is 53.1 Å². The number of carbonyl (C=O) groups excluding carboxylic acids is 2. The van der Waals surface area contributed by atoms with Gasteiger partial charge in [0.15, 0.2) is 6.61 Å². The van der Waals surface area contributed by atoms with Crippen LogP contribution in [0.2, 0.25) is 15.1 Å². The number of hydrogen-bond donors (Lipinski definition) is 1. The van der Waals surface area contributed by atoms with Gasteiger partial charge in [0.05, 0.1) is 10.0 Å². The fraction of sp³-hybridized carbons (Fsp3) is 0.417. The topological polar surface area (TPSA) is 58.6 Å². The molecule has 1 N–H and O–H groups in total. The van der Waals surface area contributed by atoms with Gasteiger partial charge in [-0.2, -0.15) is 0 Å². The van der Waals surface area contributed by atoms with Crippen molar-refractivity contribution in [1.82, 2.24) is 10.2 Å². The number of amides is 2. The van der Waals surface area contributed by atoms with Gasteiger partial charge in [-0.15, -0.1) is 0 Å². The first-order valence-corrected chi connectivity index (χ1v) is 11.7. The molecule has 2 aromatic rings. The zero-order valence-corrected chi connectivity index (χ0v) is 21.1. The summed E-state index contributed by atoms with van der Waals surface area (Å²) in [5, 5.41) is 4.37. The molecule has 0 aromatic heterocycles. The highest BCUT2D eigenvalue weighted by molar-refractivity contribution is 6.42. The lowest BCUT2D eigenvalue weighted by Gasteiger charge is -2.29. The summed E-state index contributed by atoms with van der Waals surface area (Å²) in [5.41, 5.74) is 2.50. The molecule has 0 spiro atoms. The summed E-state index contributed by atoms with van der Waals surface area (Å²) in [4.78, 5) is 27.3. The minimum atomic E-state index is -0.689. The second-order valence-corrected chi connectivity index (χ2v) is 8.94. The molecular weight excluding hydrogens is 471 g/mol. The van der Waals surface area contributed by atoms with Crippen LogP contribution in [-0.4, -0.2) is 35.9 Å². The van der Waals surface area contributed by atoms with Crippen LogP contribution in [0.1, 0.15) is 43.4 Å². The van der Waals surface area contributed by atoms with Gasteiger partial charge in [0.2, 0.25) is 5.91 Å². The van der Waals surface area contributed by atoms with Crippen LogP contribution in [0.5, 0.6) is 5.75 Å². The summed E-state index contributed by atoms with van der Waals surface area (Å²) in [6.07, 6.45) is 1.84. The van der Waals surface area contributed by atoms with Gasteiger partial charge in [0, 0.05) is 18.1 Å². The Morgan fingerprint density at radius 3 is 2.31 bits per heavy atom. The zero-order chi connectivity index (χ0) is 23.8. The van der Waals surface area contributed by atoms with Crippen molar-refractivity contribution >= 4 is 46.6 Å². The average Bonchev–Trinajstić information content (AvgIpc) is 2.76. The highest BCUT2D eigenvalue weighted by atomic mass is 35.5. The summed E-state index contributed by atoms with van der Waals surface area (Å²) in [6, 6.07) is 8.02. The van der Waals surface area contributed by atoms with E-state index in [2.05, 4.69) is 5.32 Å². The second kappa shape index (κ2) is 12.3. The molecule has 0 fully saturated rings. The smallest absolute Gasteiger partial charge is 0.261 e. The Balaban J connectivity index is 2.18. The summed E-state index contributed by atoms with van der Waals surface area (Å²) < 4.78 is 5.75. The van der Waals surface area contributed by atoms with Crippen molar-refractivity contribution in [3.8, 4) is 5.75 Å². The van der Waals surface area contributed by atoms with Crippen LogP contribution in [0.15, 0.2) is 30.3 Å². The molecule has 0 aliphatic carbocycles. The largest absolute Gasteiger partial charge is 0.484 e. The minimum absolute atomic E-state index is 0.195. The fourth-order valence-electron chi connectivity index (χ4n) is 3.17. The Hall–Kier alpha value is -1.95. The lowest BCUT2D eigenvalue weighted by atomic mass is 10.1. The van der Waals surface area contributed by atoms with Crippen LogP contribution in [-0.2, 0) is 16.1 Å². The second-order valence-electron chi connectivity index (χ2n) is 7.75. The molecule has 32 heavy (non-hydrogen) atoms. The van der Waals surface area contributed by atoms with Crippen molar-refractivity contribution in [3.05, 3.63) is 62.1 Å². The summed E-state index contributed by atoms with van der Waals surface area (Å²) >= 11 is 18.4. The summed E-state index contributed by atoms with van der Waals surface area (Å²) in [5.74, 6) is 0.0109. The van der Waals surface area contributed by atoms with E-state index in [0.717, 1.165) is 29.5 Å². The molecule has 174 valence electrons. The molecule has 0 bridgehead atoms. The number of unbranched alkanes of at least 4 members (excludes halogenated alkanes) is 1. The van der Waals surface area contributed by atoms with Gasteiger partial charge in [-0.05, 0) is 68.1 Å². The molecule has 0 radical (unpaired) electrons. The van der Waals surface area contributed by atoms with E-state index in [1.54, 1.807) is 37.3 Å². The van der Waals surface area contributed by atoms with Crippen LogP contribution in [0.4, 0.5) is 0 Å². The molecule has 0 saturated heterocycles. The minimum Gasteiger partial charge on any atom is -0.484 e. The van der Waals surface area contributed by atoms with Crippen molar-refractivity contribution in [3.63, 3.8) is 0 Å². The monoisotopic (exact) mass is 498 g/mol. The van der Waals surface area contributed by atoms with E-state index in [4.69, 9.17) is 39.5 Å². The molecule has 1 atom stereocenters. The third kappa shape index (κ3) is 7.29. The van der Waals surface area contributed by atoms with Gasteiger partial charge < -0.3 is 15.0 Å². The molecular formula is C24H29Cl3N2O3. The van der Waals surface area contributed by atoms with E-state index in [0.29, 0.717) is 27.4 Å². The Morgan fingerprint density at radius 1 is 1.06 bits per heavy atom. The SMILES string of the molecule is CCCCNC(=O)C(C)N(Cc1ccc(Cl)c(Cl)c1)C(=O)COc1cc(C)c(Cl)c(C)c1. The van der Waals surface area contributed by atoms with Crippen molar-refractivity contribution in [2.24, 2.45) is 0 Å². The number of aryl methyl sites for hydroxylation is 2. The maximum absolute atomic E-state index is 13.1. The highest BCUT2D eigenvalue weighted by Crippen LogP contribution is 2.26. The van der Waals surface area contributed by atoms with Crippen LogP contribution < -0.4 is 10.1 Å². The van der Waals surface area contributed by atoms with Crippen LogP contribution in [0.25, 0.3) is 0 Å². The van der Waals surface area contributed by atoms with Crippen LogP contribution >= 0.6 is 34.8 Å². The maximum Gasteiger partial charge on any atom is 0.261 e. The Bertz CT molecular complexity index is 942. The van der Waals surface area contributed by atoms with E-state index < -0.39 is 6.04 Å².